The van der Waals surface area contributed by atoms with E-state index in [-0.39, 0.29) is 0 Å². The van der Waals surface area contributed by atoms with Crippen LogP contribution in [0.2, 0.25) is 0 Å². The molecule has 2 N–H and O–H groups in total. The molecule has 1 aromatic carbocycles. The lowest BCUT2D eigenvalue weighted by molar-refractivity contribution is 0.0808. The summed E-state index contributed by atoms with van der Waals surface area (Å²) in [7, 11) is 3.28. The predicted octanol–water partition coefficient (Wildman–Crippen LogP) is 1.71. The van der Waals surface area contributed by atoms with Crippen LogP contribution in [-0.2, 0) is 9.47 Å². The van der Waals surface area contributed by atoms with Crippen molar-refractivity contribution in [3.63, 3.8) is 0 Å². The van der Waals surface area contributed by atoms with E-state index in [0.717, 1.165) is 12.2 Å². The van der Waals surface area contributed by atoms with Gasteiger partial charge in [-0.3, -0.25) is 0 Å². The molecule has 5 nitrogen and oxygen atoms in total. The summed E-state index contributed by atoms with van der Waals surface area (Å²) < 4.78 is 20.9. The highest BCUT2D eigenvalue weighted by atomic mass is 16.5. The highest BCUT2D eigenvalue weighted by Gasteiger charge is 2.01. The van der Waals surface area contributed by atoms with Gasteiger partial charge in [0, 0.05) is 26.4 Å². The molecule has 0 heterocycles. The van der Waals surface area contributed by atoms with E-state index >= 15 is 0 Å². The SMILES string of the molecule is COCCCOCCOc1ccc(OC)cc1N. The fourth-order valence-electron chi connectivity index (χ4n) is 1.40. The van der Waals surface area contributed by atoms with E-state index in [1.54, 1.807) is 26.4 Å². The minimum Gasteiger partial charge on any atom is -0.497 e. The number of nitrogen functional groups attached to an aromatic ring is 1. The Hall–Kier alpha value is -1.46. The van der Waals surface area contributed by atoms with Crippen molar-refractivity contribution in [2.45, 2.75) is 6.42 Å². The zero-order valence-electron chi connectivity index (χ0n) is 11.0. The Labute approximate surface area is 108 Å². The van der Waals surface area contributed by atoms with Gasteiger partial charge in [0.15, 0.2) is 0 Å². The van der Waals surface area contributed by atoms with Gasteiger partial charge < -0.3 is 24.7 Å². The van der Waals surface area contributed by atoms with E-state index in [4.69, 9.17) is 24.7 Å². The van der Waals surface area contributed by atoms with E-state index in [1.165, 1.54) is 0 Å². The molecule has 0 amide bonds. The third-order valence-electron chi connectivity index (χ3n) is 2.34. The first-order valence-corrected chi connectivity index (χ1v) is 5.91. The Kier molecular flexibility index (Phi) is 6.98. The normalized spacial score (nSPS) is 10.3. The summed E-state index contributed by atoms with van der Waals surface area (Å²) in [5.74, 6) is 1.37. The number of hydrogen-bond acceptors (Lipinski definition) is 5. The lowest BCUT2D eigenvalue weighted by atomic mass is 10.3. The van der Waals surface area contributed by atoms with Crippen LogP contribution in [0.4, 0.5) is 5.69 Å². The Morgan fingerprint density at radius 1 is 1.06 bits per heavy atom. The summed E-state index contributed by atoms with van der Waals surface area (Å²) in [5, 5.41) is 0. The minimum atomic E-state index is 0.476. The van der Waals surface area contributed by atoms with Gasteiger partial charge in [-0.1, -0.05) is 0 Å². The summed E-state index contributed by atoms with van der Waals surface area (Å²) in [5.41, 5.74) is 6.38. The van der Waals surface area contributed by atoms with E-state index in [1.807, 2.05) is 6.07 Å². The highest BCUT2D eigenvalue weighted by molar-refractivity contribution is 5.56. The highest BCUT2D eigenvalue weighted by Crippen LogP contribution is 2.25. The van der Waals surface area contributed by atoms with Gasteiger partial charge in [-0.2, -0.15) is 0 Å². The number of methoxy groups -OCH3 is 2. The molecule has 18 heavy (non-hydrogen) atoms. The first-order valence-electron chi connectivity index (χ1n) is 5.91. The van der Waals surface area contributed by atoms with Crippen molar-refractivity contribution in [1.82, 2.24) is 0 Å². The Morgan fingerprint density at radius 2 is 1.89 bits per heavy atom. The van der Waals surface area contributed by atoms with Gasteiger partial charge in [-0.15, -0.1) is 0 Å². The Bertz CT molecular complexity index is 344. The molecule has 0 radical (unpaired) electrons. The summed E-state index contributed by atoms with van der Waals surface area (Å²) in [6.07, 6.45) is 0.890. The minimum absolute atomic E-state index is 0.476. The first-order chi connectivity index (χ1) is 8.77. The molecular formula is C13H21NO4. The van der Waals surface area contributed by atoms with E-state index < -0.39 is 0 Å². The third-order valence-corrected chi connectivity index (χ3v) is 2.34. The second-order valence-corrected chi connectivity index (χ2v) is 3.71. The summed E-state index contributed by atoms with van der Waals surface area (Å²) in [6.45, 7) is 2.40. The predicted molar refractivity (Wildman–Crippen MR) is 70.2 cm³/mol. The maximum atomic E-state index is 5.82. The van der Waals surface area contributed by atoms with Crippen molar-refractivity contribution in [2.75, 3.05) is 46.4 Å². The first kappa shape index (κ1) is 14.6. The molecule has 0 bridgehead atoms. The molecule has 5 heteroatoms. The molecule has 0 aromatic heterocycles. The number of rotatable bonds is 9. The number of nitrogens with two attached hydrogens (primary N) is 1. The van der Waals surface area contributed by atoms with Crippen molar-refractivity contribution >= 4 is 5.69 Å². The van der Waals surface area contributed by atoms with Gasteiger partial charge in [0.1, 0.15) is 18.1 Å². The van der Waals surface area contributed by atoms with Crippen LogP contribution >= 0.6 is 0 Å². The average Bonchev–Trinajstić information content (AvgIpc) is 2.39. The second-order valence-electron chi connectivity index (χ2n) is 3.71. The van der Waals surface area contributed by atoms with E-state index in [2.05, 4.69) is 0 Å². The topological polar surface area (TPSA) is 62.9 Å². The van der Waals surface area contributed by atoms with Crippen LogP contribution in [0, 0.1) is 0 Å². The van der Waals surface area contributed by atoms with Gasteiger partial charge in [-0.05, 0) is 18.6 Å². The molecular weight excluding hydrogens is 234 g/mol. The van der Waals surface area contributed by atoms with Crippen LogP contribution in [-0.4, -0.2) is 40.6 Å². The summed E-state index contributed by atoms with van der Waals surface area (Å²) >= 11 is 0. The number of ether oxygens (including phenoxy) is 4. The maximum Gasteiger partial charge on any atom is 0.142 e. The van der Waals surface area contributed by atoms with Gasteiger partial charge >= 0.3 is 0 Å². The van der Waals surface area contributed by atoms with E-state index in [0.29, 0.717) is 37.9 Å². The molecule has 102 valence electrons. The van der Waals surface area contributed by atoms with Crippen molar-refractivity contribution in [3.8, 4) is 11.5 Å². The van der Waals surface area contributed by atoms with Crippen LogP contribution in [0.25, 0.3) is 0 Å². The molecule has 1 aromatic rings. The Balaban J connectivity index is 2.19. The molecule has 0 fully saturated rings. The molecule has 1 rings (SSSR count). The standard InChI is InChI=1S/C13H21NO4/c1-15-6-3-7-17-8-9-18-13-5-4-11(16-2)10-12(13)14/h4-5,10H,3,6-9,14H2,1-2H3. The maximum absolute atomic E-state index is 5.82. The lowest BCUT2D eigenvalue weighted by Crippen LogP contribution is -2.09. The largest absolute Gasteiger partial charge is 0.497 e. The van der Waals surface area contributed by atoms with Crippen LogP contribution < -0.4 is 15.2 Å². The number of anilines is 1. The molecule has 0 unspecified atom stereocenters. The molecule has 0 spiro atoms. The fourth-order valence-corrected chi connectivity index (χ4v) is 1.40. The van der Waals surface area contributed by atoms with Crippen LogP contribution in [0.15, 0.2) is 18.2 Å². The van der Waals surface area contributed by atoms with Crippen molar-refractivity contribution in [1.29, 1.82) is 0 Å². The molecule has 0 saturated heterocycles. The van der Waals surface area contributed by atoms with Gasteiger partial charge in [-0.25, -0.2) is 0 Å². The average molecular weight is 255 g/mol. The zero-order chi connectivity index (χ0) is 13.2. The van der Waals surface area contributed by atoms with Gasteiger partial charge in [0.2, 0.25) is 0 Å². The van der Waals surface area contributed by atoms with Crippen molar-refractivity contribution in [3.05, 3.63) is 18.2 Å². The van der Waals surface area contributed by atoms with Gasteiger partial charge in [0.05, 0.1) is 19.4 Å². The summed E-state index contributed by atoms with van der Waals surface area (Å²) in [6, 6.07) is 5.33. The quantitative estimate of drug-likeness (QED) is 0.537. The molecule has 0 aliphatic rings. The molecule has 0 atom stereocenters. The molecule has 0 aliphatic carbocycles. The van der Waals surface area contributed by atoms with Crippen molar-refractivity contribution in [2.24, 2.45) is 0 Å². The lowest BCUT2D eigenvalue weighted by Gasteiger charge is -2.10. The second kappa shape index (κ2) is 8.60. The van der Waals surface area contributed by atoms with Crippen LogP contribution in [0.1, 0.15) is 6.42 Å². The monoisotopic (exact) mass is 255 g/mol. The number of hydrogen-bond donors (Lipinski definition) is 1. The van der Waals surface area contributed by atoms with Crippen molar-refractivity contribution < 1.29 is 18.9 Å². The number of benzene rings is 1. The summed E-state index contributed by atoms with van der Waals surface area (Å²) in [4.78, 5) is 0. The van der Waals surface area contributed by atoms with Gasteiger partial charge in [0.25, 0.3) is 0 Å². The molecule has 0 aliphatic heterocycles. The zero-order valence-corrected chi connectivity index (χ0v) is 11.0. The van der Waals surface area contributed by atoms with Crippen LogP contribution in [0.3, 0.4) is 0 Å². The van der Waals surface area contributed by atoms with Crippen LogP contribution in [0.5, 0.6) is 11.5 Å². The third kappa shape index (κ3) is 5.25. The smallest absolute Gasteiger partial charge is 0.142 e. The Morgan fingerprint density at radius 3 is 2.56 bits per heavy atom. The fraction of sp³-hybridized carbons (Fsp3) is 0.538. The molecule has 0 saturated carbocycles. The van der Waals surface area contributed by atoms with E-state index in [9.17, 15) is 0 Å².